The summed E-state index contributed by atoms with van der Waals surface area (Å²) < 4.78 is 0.988. The van der Waals surface area contributed by atoms with E-state index in [9.17, 15) is 4.79 Å². The number of nitrogens with zero attached hydrogens (tertiary/aromatic N) is 1. The van der Waals surface area contributed by atoms with Gasteiger partial charge in [-0.2, -0.15) is 0 Å². The molecule has 1 aromatic carbocycles. The number of carbonyl (C=O) groups is 1. The molecule has 0 bridgehead atoms. The lowest BCUT2D eigenvalue weighted by Crippen LogP contribution is -2.40. The van der Waals surface area contributed by atoms with Gasteiger partial charge in [-0.1, -0.05) is 6.07 Å². The number of rotatable bonds is 2. The lowest BCUT2D eigenvalue weighted by molar-refractivity contribution is -0.117. The van der Waals surface area contributed by atoms with Gasteiger partial charge in [-0.25, -0.2) is 0 Å². The Labute approximate surface area is 108 Å². The van der Waals surface area contributed by atoms with Gasteiger partial charge in [0.25, 0.3) is 0 Å². The molecule has 3 nitrogen and oxygen atoms in total. The number of nitrogens with one attached hydrogen (secondary N) is 1. The molecule has 86 valence electrons. The number of hydrogen-bond acceptors (Lipinski definition) is 3. The van der Waals surface area contributed by atoms with E-state index in [1.54, 1.807) is 18.8 Å². The predicted molar refractivity (Wildman–Crippen MR) is 71.1 cm³/mol. The summed E-state index contributed by atoms with van der Waals surface area (Å²) in [6.45, 7) is 1.16. The zero-order valence-corrected chi connectivity index (χ0v) is 11.4. The molecular formula is C11H13BrN2OS. The summed E-state index contributed by atoms with van der Waals surface area (Å²) in [6.07, 6.45) is 0. The second-order valence-corrected chi connectivity index (χ2v) is 5.50. The third-order valence-electron chi connectivity index (χ3n) is 2.42. The van der Waals surface area contributed by atoms with Crippen LogP contribution in [0.25, 0.3) is 0 Å². The van der Waals surface area contributed by atoms with E-state index in [1.165, 1.54) is 4.90 Å². The number of thioether (sulfide) groups is 1. The van der Waals surface area contributed by atoms with Crippen LogP contribution in [-0.2, 0) is 4.79 Å². The first-order valence-electron chi connectivity index (χ1n) is 5.10. The molecule has 0 fully saturated rings. The number of halogens is 1. The van der Waals surface area contributed by atoms with Crippen molar-refractivity contribution in [1.29, 1.82) is 0 Å². The molecule has 0 saturated heterocycles. The summed E-state index contributed by atoms with van der Waals surface area (Å²) in [7, 11) is 1.79. The molecule has 0 atom stereocenters. The molecule has 0 spiro atoms. The fourth-order valence-corrected chi connectivity index (χ4v) is 3.47. The highest BCUT2D eigenvalue weighted by atomic mass is 79.9. The second-order valence-electron chi connectivity index (χ2n) is 3.51. The molecule has 1 N–H and O–H groups in total. The van der Waals surface area contributed by atoms with E-state index in [2.05, 4.69) is 27.3 Å². The number of hydrogen-bond donors (Lipinski definition) is 1. The Kier molecular flexibility index (Phi) is 3.89. The van der Waals surface area contributed by atoms with Crippen LogP contribution in [0.5, 0.6) is 0 Å². The molecule has 1 aliphatic rings. The number of likely N-dealkylation sites (N-methyl/N-ethyl adjacent to an activating group) is 1. The number of para-hydroxylation sites is 1. The SMILES string of the molecule is CNCC(=O)N1CCSc2cccc(Br)c21. The maximum atomic E-state index is 11.9. The maximum absolute atomic E-state index is 11.9. The van der Waals surface area contributed by atoms with E-state index in [4.69, 9.17) is 0 Å². The lowest BCUT2D eigenvalue weighted by atomic mass is 10.2. The Bertz CT molecular complexity index is 411. The van der Waals surface area contributed by atoms with Gasteiger partial charge in [0.1, 0.15) is 0 Å². The summed E-state index contributed by atoms with van der Waals surface area (Å²) >= 11 is 5.31. The van der Waals surface area contributed by atoms with E-state index in [0.717, 1.165) is 22.5 Å². The molecule has 1 aliphatic heterocycles. The molecule has 5 heteroatoms. The van der Waals surface area contributed by atoms with E-state index in [0.29, 0.717) is 6.54 Å². The van der Waals surface area contributed by atoms with Crippen molar-refractivity contribution in [3.8, 4) is 0 Å². The molecular weight excluding hydrogens is 288 g/mol. The Morgan fingerprint density at radius 2 is 2.44 bits per heavy atom. The van der Waals surface area contributed by atoms with Crippen LogP contribution < -0.4 is 10.2 Å². The minimum atomic E-state index is 0.121. The third kappa shape index (κ3) is 2.26. The molecule has 1 aromatic rings. The van der Waals surface area contributed by atoms with Gasteiger partial charge in [-0.15, -0.1) is 11.8 Å². The van der Waals surface area contributed by atoms with Crippen molar-refractivity contribution in [2.24, 2.45) is 0 Å². The number of carbonyl (C=O) groups excluding carboxylic acids is 1. The summed E-state index contributed by atoms with van der Waals surface area (Å²) in [6, 6.07) is 6.04. The summed E-state index contributed by atoms with van der Waals surface area (Å²) in [4.78, 5) is 15.0. The van der Waals surface area contributed by atoms with Crippen LogP contribution in [0.15, 0.2) is 27.6 Å². The average Bonchev–Trinajstić information content (AvgIpc) is 2.29. The van der Waals surface area contributed by atoms with E-state index >= 15 is 0 Å². The molecule has 0 aromatic heterocycles. The first-order chi connectivity index (χ1) is 7.74. The van der Waals surface area contributed by atoms with Crippen molar-refractivity contribution < 1.29 is 4.79 Å². The van der Waals surface area contributed by atoms with Gasteiger partial charge in [-0.3, -0.25) is 4.79 Å². The zero-order valence-electron chi connectivity index (χ0n) is 9.00. The van der Waals surface area contributed by atoms with Gasteiger partial charge in [0.2, 0.25) is 5.91 Å². The predicted octanol–water partition coefficient (Wildman–Crippen LogP) is 2.11. The van der Waals surface area contributed by atoms with E-state index in [-0.39, 0.29) is 5.91 Å². The van der Waals surface area contributed by atoms with Crippen LogP contribution in [0.3, 0.4) is 0 Å². The molecule has 1 heterocycles. The molecule has 0 unspecified atom stereocenters. The Hall–Kier alpha value is -0.520. The third-order valence-corrected chi connectivity index (χ3v) is 4.09. The molecule has 0 radical (unpaired) electrons. The molecule has 0 saturated carbocycles. The number of benzene rings is 1. The van der Waals surface area contributed by atoms with Gasteiger partial charge in [0.05, 0.1) is 12.2 Å². The summed E-state index contributed by atoms with van der Waals surface area (Å²) in [5.74, 6) is 1.08. The minimum absolute atomic E-state index is 0.121. The summed E-state index contributed by atoms with van der Waals surface area (Å²) in [5.41, 5.74) is 1.01. The Morgan fingerprint density at radius 3 is 3.19 bits per heavy atom. The lowest BCUT2D eigenvalue weighted by Gasteiger charge is -2.30. The standard InChI is InChI=1S/C11H13BrN2OS/c1-13-7-10(15)14-5-6-16-9-4-2-3-8(12)11(9)14/h2-4,13H,5-7H2,1H3. The second kappa shape index (κ2) is 5.21. The van der Waals surface area contributed by atoms with Crippen molar-refractivity contribution in [1.82, 2.24) is 5.32 Å². The first kappa shape index (κ1) is 12.0. The van der Waals surface area contributed by atoms with E-state index in [1.807, 2.05) is 17.0 Å². The molecule has 16 heavy (non-hydrogen) atoms. The number of fused-ring (bicyclic) bond motifs is 1. The Morgan fingerprint density at radius 1 is 1.62 bits per heavy atom. The number of amides is 1. The van der Waals surface area contributed by atoms with Gasteiger partial charge < -0.3 is 10.2 Å². The van der Waals surface area contributed by atoms with Crippen LogP contribution in [0, 0.1) is 0 Å². The van der Waals surface area contributed by atoms with Crippen molar-refractivity contribution >= 4 is 39.3 Å². The number of anilines is 1. The Balaban J connectivity index is 2.35. The average molecular weight is 301 g/mol. The van der Waals surface area contributed by atoms with Gasteiger partial charge in [0, 0.05) is 21.7 Å². The van der Waals surface area contributed by atoms with Crippen LogP contribution in [0.2, 0.25) is 0 Å². The van der Waals surface area contributed by atoms with Gasteiger partial charge in [0.15, 0.2) is 0 Å². The van der Waals surface area contributed by atoms with Crippen LogP contribution >= 0.6 is 27.7 Å². The van der Waals surface area contributed by atoms with Crippen molar-refractivity contribution in [3.05, 3.63) is 22.7 Å². The first-order valence-corrected chi connectivity index (χ1v) is 6.88. The fourth-order valence-electron chi connectivity index (χ4n) is 1.73. The maximum Gasteiger partial charge on any atom is 0.241 e. The van der Waals surface area contributed by atoms with Crippen LogP contribution in [0.1, 0.15) is 0 Å². The van der Waals surface area contributed by atoms with Crippen LogP contribution in [-0.4, -0.2) is 31.8 Å². The molecule has 2 rings (SSSR count). The zero-order chi connectivity index (χ0) is 11.5. The largest absolute Gasteiger partial charge is 0.311 e. The molecule has 0 aliphatic carbocycles. The minimum Gasteiger partial charge on any atom is -0.311 e. The van der Waals surface area contributed by atoms with Gasteiger partial charge >= 0.3 is 0 Å². The quantitative estimate of drug-likeness (QED) is 0.908. The summed E-state index contributed by atoms with van der Waals surface area (Å²) in [5, 5.41) is 2.90. The van der Waals surface area contributed by atoms with Crippen molar-refractivity contribution in [3.63, 3.8) is 0 Å². The highest BCUT2D eigenvalue weighted by Crippen LogP contribution is 2.39. The van der Waals surface area contributed by atoms with Crippen LogP contribution in [0.4, 0.5) is 5.69 Å². The fraction of sp³-hybridized carbons (Fsp3) is 0.364. The normalized spacial score (nSPS) is 14.8. The van der Waals surface area contributed by atoms with Crippen molar-refractivity contribution in [2.75, 3.05) is 30.8 Å². The smallest absolute Gasteiger partial charge is 0.241 e. The topological polar surface area (TPSA) is 32.3 Å². The highest BCUT2D eigenvalue weighted by Gasteiger charge is 2.24. The highest BCUT2D eigenvalue weighted by molar-refractivity contribution is 9.10. The van der Waals surface area contributed by atoms with Crippen molar-refractivity contribution in [2.45, 2.75) is 4.90 Å². The molecule has 1 amide bonds. The van der Waals surface area contributed by atoms with Gasteiger partial charge in [-0.05, 0) is 35.1 Å². The monoisotopic (exact) mass is 300 g/mol. The van der Waals surface area contributed by atoms with E-state index < -0.39 is 0 Å².